The molecule has 1 unspecified atom stereocenters. The number of aliphatic hydroxyl groups excluding tert-OH is 1. The van der Waals surface area contributed by atoms with Gasteiger partial charge in [0.25, 0.3) is 0 Å². The molecule has 1 heterocycles. The van der Waals surface area contributed by atoms with Crippen molar-refractivity contribution in [2.75, 3.05) is 6.61 Å². The van der Waals surface area contributed by atoms with Crippen molar-refractivity contribution in [1.29, 1.82) is 0 Å². The number of hydrogen-bond acceptors (Lipinski definition) is 5. The molecular formula is C19H17F3NO5S-. The summed E-state index contributed by atoms with van der Waals surface area (Å²) in [5.74, 6) is 0.260. The Morgan fingerprint density at radius 3 is 2.66 bits per heavy atom. The summed E-state index contributed by atoms with van der Waals surface area (Å²) in [5, 5.41) is 9.82. The molecule has 0 aromatic heterocycles. The molecule has 29 heavy (non-hydrogen) atoms. The molecule has 156 valence electrons. The molecule has 10 heteroatoms. The van der Waals surface area contributed by atoms with E-state index in [1.54, 1.807) is 12.1 Å². The van der Waals surface area contributed by atoms with Crippen LogP contribution < -0.4 is 14.2 Å². The zero-order chi connectivity index (χ0) is 21.0. The number of ether oxygens (including phenoxy) is 2. The summed E-state index contributed by atoms with van der Waals surface area (Å²) < 4.78 is 69.9. The fraction of sp³-hybridized carbons (Fsp3) is 0.263. The van der Waals surface area contributed by atoms with Crippen molar-refractivity contribution in [3.8, 4) is 22.6 Å². The molecule has 2 N–H and O–H groups in total. The lowest BCUT2D eigenvalue weighted by atomic mass is 9.91. The van der Waals surface area contributed by atoms with E-state index in [4.69, 9.17) is 4.74 Å². The van der Waals surface area contributed by atoms with Gasteiger partial charge in [-0.15, -0.1) is 13.2 Å². The maximum absolute atomic E-state index is 12.4. The summed E-state index contributed by atoms with van der Waals surface area (Å²) in [4.78, 5) is 0. The third kappa shape index (κ3) is 5.28. The van der Waals surface area contributed by atoms with E-state index in [0.29, 0.717) is 41.9 Å². The normalized spacial score (nSPS) is 14.5. The average molecular weight is 428 g/mol. The minimum atomic E-state index is -4.77. The molecule has 0 saturated carbocycles. The van der Waals surface area contributed by atoms with Gasteiger partial charge in [-0.25, -0.2) is 0 Å². The Morgan fingerprint density at radius 1 is 1.31 bits per heavy atom. The van der Waals surface area contributed by atoms with Crippen LogP contribution in [0.25, 0.3) is 11.1 Å². The largest absolute Gasteiger partial charge is 0.755 e. The van der Waals surface area contributed by atoms with Gasteiger partial charge >= 0.3 is 6.36 Å². The number of nitrogens with one attached hydrogen (secondary N) is 1. The zero-order valence-corrected chi connectivity index (χ0v) is 15.8. The standard InChI is InChI=1S/C19H18F3NO5S/c20-19(21,22)28-14-5-3-12(4-6-14)16-10-13(2-1-8-23-29(25)26)17(11-24)15-7-9-27-18(15)16/h1,3-6,8,10,23-24H,2,7,9,11H2,(H,25,26)/p-1. The molecule has 0 aliphatic carbocycles. The highest BCUT2D eigenvalue weighted by atomic mass is 32.2. The van der Waals surface area contributed by atoms with Crippen LogP contribution in [0.15, 0.2) is 42.6 Å². The molecular weight excluding hydrogens is 411 g/mol. The second-order valence-electron chi connectivity index (χ2n) is 6.16. The second kappa shape index (κ2) is 8.85. The first-order valence-electron chi connectivity index (χ1n) is 8.56. The SMILES string of the molecule is O=S([O-])NC=CCc1cc(-c2ccc(OC(F)(F)F)cc2)c2c(c1CO)CCO2. The van der Waals surface area contributed by atoms with Crippen molar-refractivity contribution < 1.29 is 36.5 Å². The van der Waals surface area contributed by atoms with Gasteiger partial charge in [0.15, 0.2) is 0 Å². The first-order chi connectivity index (χ1) is 13.8. The molecule has 2 aromatic rings. The molecule has 0 spiro atoms. The maximum Gasteiger partial charge on any atom is 0.573 e. The van der Waals surface area contributed by atoms with E-state index in [1.165, 1.54) is 30.5 Å². The van der Waals surface area contributed by atoms with E-state index in [1.807, 2.05) is 0 Å². The van der Waals surface area contributed by atoms with E-state index in [-0.39, 0.29) is 12.4 Å². The van der Waals surface area contributed by atoms with Crippen molar-refractivity contribution in [3.05, 3.63) is 59.3 Å². The zero-order valence-electron chi connectivity index (χ0n) is 15.0. The van der Waals surface area contributed by atoms with Crippen LogP contribution in [0.4, 0.5) is 13.2 Å². The van der Waals surface area contributed by atoms with Gasteiger partial charge < -0.3 is 23.9 Å². The van der Waals surface area contributed by atoms with Crippen LogP contribution in [0, 0.1) is 0 Å². The van der Waals surface area contributed by atoms with Crippen LogP contribution in [0.5, 0.6) is 11.5 Å². The number of allylic oxidation sites excluding steroid dienone is 1. The Hall–Kier alpha value is -2.56. The lowest BCUT2D eigenvalue weighted by Gasteiger charge is -2.16. The molecule has 0 amide bonds. The number of hydrogen-bond donors (Lipinski definition) is 2. The van der Waals surface area contributed by atoms with Crippen molar-refractivity contribution in [2.45, 2.75) is 25.8 Å². The smallest absolute Gasteiger partial charge is 0.573 e. The fourth-order valence-electron chi connectivity index (χ4n) is 3.22. The lowest BCUT2D eigenvalue weighted by molar-refractivity contribution is -0.274. The van der Waals surface area contributed by atoms with E-state index < -0.39 is 17.6 Å². The number of alkyl halides is 3. The van der Waals surface area contributed by atoms with Crippen LogP contribution in [-0.4, -0.2) is 26.8 Å². The quantitative estimate of drug-likeness (QED) is 0.662. The number of halogens is 3. The van der Waals surface area contributed by atoms with E-state index in [2.05, 4.69) is 9.46 Å². The number of rotatable bonds is 7. The predicted octanol–water partition coefficient (Wildman–Crippen LogP) is 3.12. The molecule has 1 aliphatic heterocycles. The molecule has 0 fully saturated rings. The topological polar surface area (TPSA) is 90.9 Å². The summed E-state index contributed by atoms with van der Waals surface area (Å²) in [6.07, 6.45) is -0.965. The van der Waals surface area contributed by atoms with Gasteiger partial charge in [-0.2, -0.15) is 0 Å². The predicted molar refractivity (Wildman–Crippen MR) is 98.6 cm³/mol. The molecule has 0 saturated heterocycles. The van der Waals surface area contributed by atoms with E-state index in [9.17, 15) is 27.0 Å². The minimum Gasteiger partial charge on any atom is -0.755 e. The van der Waals surface area contributed by atoms with Crippen molar-refractivity contribution in [1.82, 2.24) is 4.72 Å². The van der Waals surface area contributed by atoms with Gasteiger partial charge in [0.2, 0.25) is 0 Å². The van der Waals surface area contributed by atoms with E-state index in [0.717, 1.165) is 11.1 Å². The van der Waals surface area contributed by atoms with Crippen LogP contribution in [0.2, 0.25) is 0 Å². The third-order valence-electron chi connectivity index (χ3n) is 4.36. The third-order valence-corrected chi connectivity index (χ3v) is 4.69. The Balaban J connectivity index is 1.96. The molecule has 1 aliphatic rings. The maximum atomic E-state index is 12.4. The minimum absolute atomic E-state index is 0.214. The number of benzene rings is 2. The van der Waals surface area contributed by atoms with E-state index >= 15 is 0 Å². The van der Waals surface area contributed by atoms with Crippen LogP contribution in [0.1, 0.15) is 16.7 Å². The van der Waals surface area contributed by atoms with Crippen LogP contribution >= 0.6 is 0 Å². The molecule has 0 radical (unpaired) electrons. The summed E-state index contributed by atoms with van der Waals surface area (Å²) in [7, 11) is 0. The summed E-state index contributed by atoms with van der Waals surface area (Å²) in [6.45, 7) is 0.217. The Kier molecular flexibility index (Phi) is 6.46. The van der Waals surface area contributed by atoms with Gasteiger partial charge in [0.05, 0.1) is 13.2 Å². The molecule has 3 rings (SSSR count). The van der Waals surface area contributed by atoms with Gasteiger partial charge in [-0.05, 0) is 41.3 Å². The number of aliphatic hydroxyl groups is 1. The Bertz CT molecular complexity index is 929. The highest BCUT2D eigenvalue weighted by Crippen LogP contribution is 2.41. The second-order valence-corrected chi connectivity index (χ2v) is 6.86. The van der Waals surface area contributed by atoms with Crippen molar-refractivity contribution in [2.24, 2.45) is 0 Å². The average Bonchev–Trinajstić information content (AvgIpc) is 3.13. The number of fused-ring (bicyclic) bond motifs is 1. The first-order valence-corrected chi connectivity index (χ1v) is 9.64. The summed E-state index contributed by atoms with van der Waals surface area (Å²) in [6, 6.07) is 7.22. The lowest BCUT2D eigenvalue weighted by Crippen LogP contribution is -2.16. The Labute approximate surface area is 167 Å². The first kappa shape index (κ1) is 21.2. The molecule has 6 nitrogen and oxygen atoms in total. The Morgan fingerprint density at radius 2 is 2.03 bits per heavy atom. The fourth-order valence-corrected chi connectivity index (χ4v) is 3.43. The monoisotopic (exact) mass is 428 g/mol. The van der Waals surface area contributed by atoms with Gasteiger partial charge in [0, 0.05) is 35.0 Å². The summed E-state index contributed by atoms with van der Waals surface area (Å²) >= 11 is -2.42. The van der Waals surface area contributed by atoms with Crippen molar-refractivity contribution in [3.63, 3.8) is 0 Å². The van der Waals surface area contributed by atoms with Crippen LogP contribution in [-0.2, 0) is 30.7 Å². The van der Waals surface area contributed by atoms with Gasteiger partial charge in [0.1, 0.15) is 11.5 Å². The highest BCUT2D eigenvalue weighted by Gasteiger charge is 2.31. The van der Waals surface area contributed by atoms with Crippen LogP contribution in [0.3, 0.4) is 0 Å². The molecule has 1 atom stereocenters. The molecule has 0 bridgehead atoms. The van der Waals surface area contributed by atoms with Gasteiger partial charge in [-0.3, -0.25) is 4.21 Å². The van der Waals surface area contributed by atoms with Crippen molar-refractivity contribution >= 4 is 11.3 Å². The highest BCUT2D eigenvalue weighted by molar-refractivity contribution is 7.77. The molecule has 2 aromatic carbocycles. The summed E-state index contributed by atoms with van der Waals surface area (Å²) in [5.41, 5.74) is 3.61. The van der Waals surface area contributed by atoms with Gasteiger partial charge in [-0.1, -0.05) is 18.2 Å².